The zero-order valence-electron chi connectivity index (χ0n) is 22.8. The molecule has 0 atom stereocenters. The number of hydrogen-bond donors (Lipinski definition) is 3. The normalized spacial score (nSPS) is 11.6. The number of fused-ring (bicyclic) bond motifs is 2. The summed E-state index contributed by atoms with van der Waals surface area (Å²) >= 11 is 0. The molecule has 0 fully saturated rings. The van der Waals surface area contributed by atoms with Gasteiger partial charge in [0.25, 0.3) is 0 Å². The van der Waals surface area contributed by atoms with E-state index in [-0.39, 0.29) is 5.82 Å². The summed E-state index contributed by atoms with van der Waals surface area (Å²) in [6.45, 7) is 1.56. The molecule has 10 heteroatoms. The number of nitrogens with zero attached hydrogens (tertiary/aromatic N) is 6. The van der Waals surface area contributed by atoms with E-state index in [1.165, 1.54) is 12.1 Å². The first-order valence-corrected chi connectivity index (χ1v) is 13.0. The smallest absolute Gasteiger partial charge is 0.159 e. The van der Waals surface area contributed by atoms with Crippen molar-refractivity contribution in [3.8, 4) is 33.8 Å². The maximum Gasteiger partial charge on any atom is 0.159 e. The van der Waals surface area contributed by atoms with Gasteiger partial charge in [0.2, 0.25) is 0 Å². The van der Waals surface area contributed by atoms with E-state index in [1.807, 2.05) is 82.0 Å². The maximum absolute atomic E-state index is 14.6. The number of pyridine rings is 2. The summed E-state index contributed by atoms with van der Waals surface area (Å²) in [7, 11) is 7.98. The second-order valence-corrected chi connectivity index (χ2v) is 10.3. The Bertz CT molecular complexity index is 1820. The van der Waals surface area contributed by atoms with Gasteiger partial charge < -0.3 is 20.1 Å². The van der Waals surface area contributed by atoms with E-state index < -0.39 is 0 Å². The molecule has 0 aliphatic rings. The summed E-state index contributed by atoms with van der Waals surface area (Å²) in [5.74, 6) is 0.302. The van der Waals surface area contributed by atoms with Crippen molar-refractivity contribution < 1.29 is 4.39 Å². The number of imidazole rings is 1. The molecule has 4 aromatic heterocycles. The van der Waals surface area contributed by atoms with Crippen molar-refractivity contribution in [2.45, 2.75) is 0 Å². The fraction of sp³-hybridized carbons (Fsp3) is 0.200. The van der Waals surface area contributed by atoms with Crippen LogP contribution in [-0.2, 0) is 0 Å². The molecular formula is C30H30FN9. The maximum atomic E-state index is 14.6. The molecule has 0 amide bonds. The highest BCUT2D eigenvalue weighted by molar-refractivity contribution is 5.97. The van der Waals surface area contributed by atoms with Gasteiger partial charge >= 0.3 is 0 Å². The van der Waals surface area contributed by atoms with Crippen LogP contribution in [0.15, 0.2) is 67.1 Å². The Balaban J connectivity index is 1.39. The molecular weight excluding hydrogens is 505 g/mol. The van der Waals surface area contributed by atoms with Crippen LogP contribution >= 0.6 is 0 Å². The van der Waals surface area contributed by atoms with Gasteiger partial charge in [-0.2, -0.15) is 5.10 Å². The molecule has 0 aliphatic carbocycles. The van der Waals surface area contributed by atoms with Crippen molar-refractivity contribution >= 4 is 33.4 Å². The molecule has 0 spiro atoms. The van der Waals surface area contributed by atoms with Crippen molar-refractivity contribution in [1.82, 2.24) is 35.0 Å². The highest BCUT2D eigenvalue weighted by Gasteiger charge is 2.17. The molecule has 9 nitrogen and oxygen atoms in total. The fourth-order valence-electron chi connectivity index (χ4n) is 4.72. The van der Waals surface area contributed by atoms with Gasteiger partial charge in [-0.25, -0.2) is 14.4 Å². The molecule has 0 bridgehead atoms. The Morgan fingerprint density at radius 3 is 2.60 bits per heavy atom. The molecule has 0 saturated carbocycles. The molecule has 0 aliphatic heterocycles. The number of halogens is 1. The third kappa shape index (κ3) is 4.96. The Morgan fingerprint density at radius 1 is 0.925 bits per heavy atom. The van der Waals surface area contributed by atoms with Gasteiger partial charge in [0.15, 0.2) is 11.5 Å². The van der Waals surface area contributed by atoms with Gasteiger partial charge in [-0.3, -0.25) is 10.1 Å². The van der Waals surface area contributed by atoms with Gasteiger partial charge in [0.1, 0.15) is 11.5 Å². The lowest BCUT2D eigenvalue weighted by molar-refractivity contribution is 0.425. The van der Waals surface area contributed by atoms with Crippen LogP contribution in [0.25, 0.3) is 55.8 Å². The summed E-state index contributed by atoms with van der Waals surface area (Å²) < 4.78 is 14.6. The minimum Gasteiger partial charge on any atom is -0.384 e. The first-order chi connectivity index (χ1) is 19.4. The number of benzene rings is 2. The van der Waals surface area contributed by atoms with Crippen LogP contribution in [0, 0.1) is 5.82 Å². The van der Waals surface area contributed by atoms with Crippen molar-refractivity contribution in [2.24, 2.45) is 0 Å². The SMILES string of the molecule is CN(C)CCNc1cc(F)cc(-c2cccc3[nH]c(-c4n[nH]c5ncc(-c6cncc(N(C)C)c6)cc45)nc23)c1. The van der Waals surface area contributed by atoms with Crippen LogP contribution in [0.2, 0.25) is 0 Å². The molecule has 2 aromatic carbocycles. The first-order valence-electron chi connectivity index (χ1n) is 13.0. The van der Waals surface area contributed by atoms with Crippen molar-refractivity contribution in [1.29, 1.82) is 0 Å². The monoisotopic (exact) mass is 535 g/mol. The van der Waals surface area contributed by atoms with E-state index in [4.69, 9.17) is 4.98 Å². The lowest BCUT2D eigenvalue weighted by atomic mass is 10.0. The molecule has 6 rings (SSSR count). The second-order valence-electron chi connectivity index (χ2n) is 10.3. The largest absolute Gasteiger partial charge is 0.384 e. The van der Waals surface area contributed by atoms with E-state index >= 15 is 0 Å². The van der Waals surface area contributed by atoms with Crippen molar-refractivity contribution in [3.05, 3.63) is 72.9 Å². The van der Waals surface area contributed by atoms with Crippen LogP contribution in [0.3, 0.4) is 0 Å². The van der Waals surface area contributed by atoms with E-state index in [0.29, 0.717) is 23.7 Å². The molecule has 6 aromatic rings. The first kappa shape index (κ1) is 25.4. The zero-order chi connectivity index (χ0) is 27.8. The highest BCUT2D eigenvalue weighted by Crippen LogP contribution is 2.34. The number of nitrogens with one attached hydrogen (secondary N) is 3. The number of likely N-dealkylation sites (N-methyl/N-ethyl adjacent to an activating group) is 1. The minimum atomic E-state index is -0.303. The Labute approximate surface area is 231 Å². The van der Waals surface area contributed by atoms with Crippen LogP contribution in [0.5, 0.6) is 0 Å². The van der Waals surface area contributed by atoms with Gasteiger partial charge in [-0.05, 0) is 56.1 Å². The quantitative estimate of drug-likeness (QED) is 0.240. The van der Waals surface area contributed by atoms with Crippen molar-refractivity contribution in [2.75, 3.05) is 51.5 Å². The summed E-state index contributed by atoms with van der Waals surface area (Å²) in [5.41, 5.74) is 8.10. The predicted octanol–water partition coefficient (Wildman–Crippen LogP) is 5.41. The average Bonchev–Trinajstić information content (AvgIpc) is 3.56. The van der Waals surface area contributed by atoms with Crippen molar-refractivity contribution in [3.63, 3.8) is 0 Å². The molecule has 0 saturated heterocycles. The number of anilines is 2. The Hall–Kier alpha value is -4.83. The summed E-state index contributed by atoms with van der Waals surface area (Å²) in [6, 6.07) is 15.0. The number of aromatic nitrogens is 6. The lowest BCUT2D eigenvalue weighted by Gasteiger charge is -2.13. The average molecular weight is 536 g/mol. The molecule has 0 radical (unpaired) electrons. The fourth-order valence-corrected chi connectivity index (χ4v) is 4.72. The number of hydrogen-bond acceptors (Lipinski definition) is 7. The molecule has 202 valence electrons. The second kappa shape index (κ2) is 10.4. The molecule has 3 N–H and O–H groups in total. The molecule has 40 heavy (non-hydrogen) atoms. The standard InChI is InChI=1S/C30H30FN9/c1-39(2)9-8-33-22-11-18(10-21(31)14-22)24-6-5-7-26-27(24)36-30(35-26)28-25-13-20(16-34-29(25)38-37-28)19-12-23(40(3)4)17-32-15-19/h5-7,10-17,33H,8-9H2,1-4H3,(H,35,36)(H,34,37,38). The third-order valence-electron chi connectivity index (χ3n) is 6.82. The Kier molecular flexibility index (Phi) is 6.61. The number of aromatic amines is 2. The summed E-state index contributed by atoms with van der Waals surface area (Å²) in [5, 5.41) is 11.7. The van der Waals surface area contributed by atoms with Gasteiger partial charge in [-0.15, -0.1) is 0 Å². The highest BCUT2D eigenvalue weighted by atomic mass is 19.1. The van der Waals surface area contributed by atoms with Gasteiger partial charge in [0, 0.05) is 62.0 Å². The van der Waals surface area contributed by atoms with E-state index in [1.54, 1.807) is 0 Å². The van der Waals surface area contributed by atoms with Gasteiger partial charge in [0.05, 0.1) is 28.3 Å². The third-order valence-corrected chi connectivity index (χ3v) is 6.82. The number of para-hydroxylation sites is 1. The summed E-state index contributed by atoms with van der Waals surface area (Å²) in [4.78, 5) is 21.4. The topological polar surface area (TPSA) is 102 Å². The zero-order valence-corrected chi connectivity index (χ0v) is 22.8. The predicted molar refractivity (Wildman–Crippen MR) is 159 cm³/mol. The van der Waals surface area contributed by atoms with Crippen LogP contribution in [0.1, 0.15) is 0 Å². The summed E-state index contributed by atoms with van der Waals surface area (Å²) in [6.07, 6.45) is 5.46. The van der Waals surface area contributed by atoms with Crippen LogP contribution in [-0.4, -0.2) is 76.3 Å². The van der Waals surface area contributed by atoms with E-state index in [9.17, 15) is 4.39 Å². The van der Waals surface area contributed by atoms with Crippen LogP contribution in [0.4, 0.5) is 15.8 Å². The molecule has 0 unspecified atom stereocenters. The lowest BCUT2D eigenvalue weighted by Crippen LogP contribution is -2.20. The Morgan fingerprint density at radius 2 is 1.77 bits per heavy atom. The number of rotatable bonds is 8. The number of H-pyrrole nitrogens is 2. The van der Waals surface area contributed by atoms with E-state index in [0.717, 1.165) is 56.6 Å². The van der Waals surface area contributed by atoms with Gasteiger partial charge in [-0.1, -0.05) is 12.1 Å². The minimum absolute atomic E-state index is 0.303. The van der Waals surface area contributed by atoms with E-state index in [2.05, 4.69) is 41.4 Å². The van der Waals surface area contributed by atoms with Crippen LogP contribution < -0.4 is 10.2 Å². The molecule has 4 heterocycles.